The maximum atomic E-state index is 5.91. The van der Waals surface area contributed by atoms with Crippen molar-refractivity contribution in [2.75, 3.05) is 13.6 Å². The molecule has 1 unspecified atom stereocenters. The standard InChI is InChI=1S/C16H22N2OS/c1-11-15-5-7-20-16(15)4-6-18(11)10-14-8-13(9-17-3)12(2)19-14/h5,7-8,11,17H,4,6,9-10H2,1-3H3. The number of hydrogen-bond acceptors (Lipinski definition) is 4. The summed E-state index contributed by atoms with van der Waals surface area (Å²) in [6, 6.07) is 4.96. The number of nitrogens with one attached hydrogen (secondary N) is 1. The van der Waals surface area contributed by atoms with Gasteiger partial charge in [0.1, 0.15) is 11.5 Å². The van der Waals surface area contributed by atoms with E-state index in [2.05, 4.69) is 34.7 Å². The lowest BCUT2D eigenvalue weighted by Crippen LogP contribution is -2.32. The molecule has 1 N–H and O–H groups in total. The smallest absolute Gasteiger partial charge is 0.118 e. The van der Waals surface area contributed by atoms with Crippen LogP contribution in [0.2, 0.25) is 0 Å². The summed E-state index contributed by atoms with van der Waals surface area (Å²) in [6.07, 6.45) is 1.17. The van der Waals surface area contributed by atoms with E-state index in [1.807, 2.05) is 25.3 Å². The molecule has 3 nitrogen and oxygen atoms in total. The Balaban J connectivity index is 1.74. The van der Waals surface area contributed by atoms with Crippen LogP contribution in [0.5, 0.6) is 0 Å². The SMILES string of the molecule is CNCc1cc(CN2CCc3sccc3C2C)oc1C. The van der Waals surface area contributed by atoms with Crippen molar-refractivity contribution in [1.82, 2.24) is 10.2 Å². The maximum absolute atomic E-state index is 5.91. The number of aryl methyl sites for hydroxylation is 1. The number of furan rings is 1. The molecule has 0 radical (unpaired) electrons. The average molecular weight is 290 g/mol. The Hall–Kier alpha value is -1.10. The highest BCUT2D eigenvalue weighted by Gasteiger charge is 2.25. The van der Waals surface area contributed by atoms with E-state index in [-0.39, 0.29) is 0 Å². The van der Waals surface area contributed by atoms with Crippen molar-refractivity contribution < 1.29 is 4.42 Å². The molecule has 4 heteroatoms. The summed E-state index contributed by atoms with van der Waals surface area (Å²) < 4.78 is 5.91. The lowest BCUT2D eigenvalue weighted by Gasteiger charge is -2.32. The first-order valence-corrected chi connectivity index (χ1v) is 8.10. The van der Waals surface area contributed by atoms with Crippen LogP contribution in [-0.2, 0) is 19.5 Å². The monoisotopic (exact) mass is 290 g/mol. The third-order valence-corrected chi connectivity index (χ3v) is 5.20. The third kappa shape index (κ3) is 2.55. The molecule has 108 valence electrons. The van der Waals surface area contributed by atoms with Crippen LogP contribution in [0.4, 0.5) is 0 Å². The molecule has 2 aromatic rings. The molecule has 3 heterocycles. The Morgan fingerprint density at radius 1 is 1.50 bits per heavy atom. The van der Waals surface area contributed by atoms with Crippen LogP contribution in [-0.4, -0.2) is 18.5 Å². The minimum absolute atomic E-state index is 0.489. The minimum Gasteiger partial charge on any atom is -0.465 e. The van der Waals surface area contributed by atoms with Gasteiger partial charge in [-0.25, -0.2) is 0 Å². The Morgan fingerprint density at radius 2 is 2.35 bits per heavy atom. The van der Waals surface area contributed by atoms with Gasteiger partial charge in [-0.2, -0.15) is 0 Å². The van der Waals surface area contributed by atoms with Crippen LogP contribution in [0.15, 0.2) is 21.9 Å². The fourth-order valence-corrected chi connectivity index (χ4v) is 3.97. The first-order valence-electron chi connectivity index (χ1n) is 7.22. The lowest BCUT2D eigenvalue weighted by molar-refractivity contribution is 0.176. The molecule has 0 aromatic carbocycles. The van der Waals surface area contributed by atoms with E-state index in [1.165, 1.54) is 17.5 Å². The summed E-state index contributed by atoms with van der Waals surface area (Å²) in [6.45, 7) is 7.25. The van der Waals surface area contributed by atoms with E-state index < -0.39 is 0 Å². The molecule has 0 saturated carbocycles. The zero-order valence-corrected chi connectivity index (χ0v) is 13.2. The van der Waals surface area contributed by atoms with E-state index in [1.54, 1.807) is 4.88 Å². The van der Waals surface area contributed by atoms with Gasteiger partial charge in [-0.3, -0.25) is 4.90 Å². The zero-order valence-electron chi connectivity index (χ0n) is 12.4. The number of hydrogen-bond donors (Lipinski definition) is 1. The van der Waals surface area contributed by atoms with Gasteiger partial charge in [0.15, 0.2) is 0 Å². The fourth-order valence-electron chi connectivity index (χ4n) is 3.01. The van der Waals surface area contributed by atoms with Gasteiger partial charge in [0.05, 0.1) is 6.54 Å². The molecule has 0 bridgehead atoms. The van der Waals surface area contributed by atoms with Gasteiger partial charge in [0.25, 0.3) is 0 Å². The van der Waals surface area contributed by atoms with Crippen molar-refractivity contribution in [3.63, 3.8) is 0 Å². The van der Waals surface area contributed by atoms with E-state index in [0.717, 1.165) is 31.2 Å². The van der Waals surface area contributed by atoms with E-state index in [0.29, 0.717) is 6.04 Å². The minimum atomic E-state index is 0.489. The third-order valence-electron chi connectivity index (χ3n) is 4.20. The van der Waals surface area contributed by atoms with Gasteiger partial charge < -0.3 is 9.73 Å². The molecule has 0 saturated heterocycles. The van der Waals surface area contributed by atoms with Crippen molar-refractivity contribution in [2.45, 2.75) is 39.4 Å². The van der Waals surface area contributed by atoms with Gasteiger partial charge >= 0.3 is 0 Å². The average Bonchev–Trinajstić information content (AvgIpc) is 3.02. The number of fused-ring (bicyclic) bond motifs is 1. The molecule has 0 aliphatic carbocycles. The van der Waals surface area contributed by atoms with Crippen LogP contribution in [0.3, 0.4) is 0 Å². The Morgan fingerprint density at radius 3 is 3.15 bits per heavy atom. The van der Waals surface area contributed by atoms with Gasteiger partial charge in [-0.15, -0.1) is 11.3 Å². The van der Waals surface area contributed by atoms with Crippen LogP contribution < -0.4 is 5.32 Å². The second-order valence-electron chi connectivity index (χ2n) is 5.52. The summed E-state index contributed by atoms with van der Waals surface area (Å²) in [7, 11) is 1.97. The number of nitrogens with zero attached hydrogens (tertiary/aromatic N) is 1. The Kier molecular flexibility index (Phi) is 3.96. The van der Waals surface area contributed by atoms with Crippen molar-refractivity contribution in [1.29, 1.82) is 0 Å². The molecule has 0 fully saturated rings. The largest absolute Gasteiger partial charge is 0.465 e. The molecule has 2 aromatic heterocycles. The van der Waals surface area contributed by atoms with Crippen molar-refractivity contribution in [3.05, 3.63) is 45.0 Å². The number of thiophene rings is 1. The quantitative estimate of drug-likeness (QED) is 0.934. The van der Waals surface area contributed by atoms with Gasteiger partial charge in [-0.05, 0) is 50.4 Å². The van der Waals surface area contributed by atoms with Crippen molar-refractivity contribution in [2.24, 2.45) is 0 Å². The Bertz CT molecular complexity index is 587. The normalized spacial score (nSPS) is 19.2. The molecule has 3 rings (SSSR count). The van der Waals surface area contributed by atoms with Crippen LogP contribution in [0.1, 0.15) is 40.5 Å². The molecule has 20 heavy (non-hydrogen) atoms. The highest BCUT2D eigenvalue weighted by Crippen LogP contribution is 2.34. The van der Waals surface area contributed by atoms with Crippen LogP contribution in [0.25, 0.3) is 0 Å². The summed E-state index contributed by atoms with van der Waals surface area (Å²) in [5, 5.41) is 5.40. The van der Waals surface area contributed by atoms with Gasteiger partial charge in [0, 0.05) is 29.6 Å². The maximum Gasteiger partial charge on any atom is 0.118 e. The first kappa shape index (κ1) is 13.9. The molecule has 1 aliphatic heterocycles. The topological polar surface area (TPSA) is 28.4 Å². The summed E-state index contributed by atoms with van der Waals surface area (Å²) in [5.74, 6) is 2.12. The summed E-state index contributed by atoms with van der Waals surface area (Å²) in [4.78, 5) is 4.07. The van der Waals surface area contributed by atoms with Crippen LogP contribution >= 0.6 is 11.3 Å². The molecule has 1 aliphatic rings. The first-order chi connectivity index (χ1) is 9.69. The molecular formula is C16H22N2OS. The second kappa shape index (κ2) is 5.72. The lowest BCUT2D eigenvalue weighted by atomic mass is 10.0. The van der Waals surface area contributed by atoms with Crippen LogP contribution in [0, 0.1) is 6.92 Å². The highest BCUT2D eigenvalue weighted by molar-refractivity contribution is 7.10. The molecule has 0 amide bonds. The highest BCUT2D eigenvalue weighted by atomic mass is 32.1. The Labute approximate surface area is 124 Å². The van der Waals surface area contributed by atoms with E-state index in [9.17, 15) is 0 Å². The predicted molar refractivity (Wildman–Crippen MR) is 83.1 cm³/mol. The zero-order chi connectivity index (χ0) is 14.1. The fraction of sp³-hybridized carbons (Fsp3) is 0.500. The van der Waals surface area contributed by atoms with Crippen molar-refractivity contribution >= 4 is 11.3 Å². The van der Waals surface area contributed by atoms with E-state index >= 15 is 0 Å². The summed E-state index contributed by atoms with van der Waals surface area (Å²) in [5.41, 5.74) is 2.77. The van der Waals surface area contributed by atoms with Gasteiger partial charge in [-0.1, -0.05) is 0 Å². The predicted octanol–water partition coefficient (Wildman–Crippen LogP) is 3.49. The molecule has 1 atom stereocenters. The van der Waals surface area contributed by atoms with Crippen molar-refractivity contribution in [3.8, 4) is 0 Å². The summed E-state index contributed by atoms with van der Waals surface area (Å²) >= 11 is 1.89. The molecule has 0 spiro atoms. The second-order valence-corrected chi connectivity index (χ2v) is 6.52. The van der Waals surface area contributed by atoms with E-state index in [4.69, 9.17) is 4.42 Å². The number of rotatable bonds is 4. The van der Waals surface area contributed by atoms with Gasteiger partial charge in [0.2, 0.25) is 0 Å². The molecular weight excluding hydrogens is 268 g/mol.